The molecular formula is C11H24N4. The molecular weight excluding hydrogens is 188 g/mol. The van der Waals surface area contributed by atoms with E-state index in [2.05, 4.69) is 28.6 Å². The van der Waals surface area contributed by atoms with Crippen molar-refractivity contribution < 1.29 is 0 Å². The Balaban J connectivity index is 2.30. The number of aliphatic imine (C=N–C) groups is 1. The summed E-state index contributed by atoms with van der Waals surface area (Å²) in [6.07, 6.45) is 2.30. The molecule has 2 N–H and O–H groups in total. The molecule has 4 nitrogen and oxygen atoms in total. The van der Waals surface area contributed by atoms with Gasteiger partial charge in [-0.2, -0.15) is 0 Å². The Morgan fingerprint density at radius 2 is 1.80 bits per heavy atom. The van der Waals surface area contributed by atoms with Crippen LogP contribution in [0.1, 0.15) is 26.7 Å². The van der Waals surface area contributed by atoms with Crippen molar-refractivity contribution in [3.8, 4) is 0 Å². The maximum Gasteiger partial charge on any atom is 0.191 e. The van der Waals surface area contributed by atoms with Crippen LogP contribution < -0.4 is 5.73 Å². The fourth-order valence-electron chi connectivity index (χ4n) is 1.84. The first-order chi connectivity index (χ1) is 7.27. The normalized spacial score (nSPS) is 19.6. The minimum atomic E-state index is 0.730. The molecule has 0 unspecified atom stereocenters. The van der Waals surface area contributed by atoms with Gasteiger partial charge in [0, 0.05) is 32.7 Å². The van der Waals surface area contributed by atoms with E-state index in [1.807, 2.05) is 0 Å². The van der Waals surface area contributed by atoms with Crippen LogP contribution in [0.25, 0.3) is 0 Å². The van der Waals surface area contributed by atoms with Gasteiger partial charge in [0.25, 0.3) is 0 Å². The largest absolute Gasteiger partial charge is 0.370 e. The van der Waals surface area contributed by atoms with E-state index in [4.69, 9.17) is 5.73 Å². The fourth-order valence-corrected chi connectivity index (χ4v) is 1.84. The summed E-state index contributed by atoms with van der Waals surface area (Å²) in [6, 6.07) is 0. The third kappa shape index (κ3) is 4.08. The summed E-state index contributed by atoms with van der Waals surface area (Å²) >= 11 is 0. The molecule has 1 saturated heterocycles. The lowest BCUT2D eigenvalue weighted by Gasteiger charge is -2.35. The van der Waals surface area contributed by atoms with Crippen molar-refractivity contribution in [3.63, 3.8) is 0 Å². The molecule has 15 heavy (non-hydrogen) atoms. The average molecular weight is 212 g/mol. The maximum absolute atomic E-state index is 5.91. The lowest BCUT2D eigenvalue weighted by atomic mass is 10.3. The Morgan fingerprint density at radius 1 is 1.13 bits per heavy atom. The van der Waals surface area contributed by atoms with Crippen molar-refractivity contribution in [2.75, 3.05) is 39.3 Å². The van der Waals surface area contributed by atoms with E-state index < -0.39 is 0 Å². The van der Waals surface area contributed by atoms with Crippen molar-refractivity contribution in [1.82, 2.24) is 9.80 Å². The lowest BCUT2D eigenvalue weighted by molar-refractivity contribution is 0.181. The third-order valence-corrected chi connectivity index (χ3v) is 2.73. The number of hydrogen-bond donors (Lipinski definition) is 1. The van der Waals surface area contributed by atoms with Gasteiger partial charge >= 0.3 is 0 Å². The molecule has 0 amide bonds. The molecule has 0 bridgehead atoms. The molecule has 1 aliphatic rings. The van der Waals surface area contributed by atoms with Crippen LogP contribution in [-0.4, -0.2) is 55.0 Å². The molecule has 0 aromatic rings. The molecule has 0 spiro atoms. The summed E-state index contributed by atoms with van der Waals surface area (Å²) in [7, 11) is 0. The zero-order chi connectivity index (χ0) is 11.1. The Morgan fingerprint density at radius 3 is 2.33 bits per heavy atom. The highest BCUT2D eigenvalue weighted by Crippen LogP contribution is 2.02. The number of nitrogens with two attached hydrogens (primary N) is 1. The number of rotatable bonds is 4. The molecule has 0 saturated carbocycles. The van der Waals surface area contributed by atoms with Crippen molar-refractivity contribution in [3.05, 3.63) is 0 Å². The van der Waals surface area contributed by atoms with E-state index in [-0.39, 0.29) is 0 Å². The molecule has 0 atom stereocenters. The molecule has 1 aliphatic heterocycles. The van der Waals surface area contributed by atoms with Crippen LogP contribution in [0.4, 0.5) is 0 Å². The van der Waals surface area contributed by atoms with Gasteiger partial charge in [-0.15, -0.1) is 0 Å². The van der Waals surface area contributed by atoms with E-state index in [1.165, 1.54) is 13.0 Å². The predicted molar refractivity (Wildman–Crippen MR) is 65.1 cm³/mol. The minimum Gasteiger partial charge on any atom is -0.370 e. The van der Waals surface area contributed by atoms with Crippen molar-refractivity contribution in [2.24, 2.45) is 10.7 Å². The van der Waals surface area contributed by atoms with Gasteiger partial charge in [0.05, 0.1) is 0 Å². The maximum atomic E-state index is 5.91. The van der Waals surface area contributed by atoms with Gasteiger partial charge in [-0.1, -0.05) is 13.8 Å². The van der Waals surface area contributed by atoms with Gasteiger partial charge in [0.2, 0.25) is 0 Å². The van der Waals surface area contributed by atoms with Crippen molar-refractivity contribution >= 4 is 5.96 Å². The summed E-state index contributed by atoms with van der Waals surface area (Å²) in [5.41, 5.74) is 5.91. The number of piperazine rings is 1. The molecule has 4 heteroatoms. The monoisotopic (exact) mass is 212 g/mol. The quantitative estimate of drug-likeness (QED) is 0.552. The van der Waals surface area contributed by atoms with Crippen molar-refractivity contribution in [2.45, 2.75) is 26.7 Å². The van der Waals surface area contributed by atoms with Gasteiger partial charge < -0.3 is 10.6 Å². The highest BCUT2D eigenvalue weighted by molar-refractivity contribution is 5.78. The molecule has 1 rings (SSSR count). The molecule has 1 heterocycles. The Labute approximate surface area is 93.1 Å². The van der Waals surface area contributed by atoms with E-state index in [0.717, 1.165) is 45.1 Å². The van der Waals surface area contributed by atoms with Gasteiger partial charge in [0.1, 0.15) is 0 Å². The second-order valence-electron chi connectivity index (χ2n) is 4.07. The molecule has 0 aromatic heterocycles. The van der Waals surface area contributed by atoms with Gasteiger partial charge in [0.15, 0.2) is 5.96 Å². The molecule has 0 radical (unpaired) electrons. The Bertz CT molecular complexity index is 195. The minimum absolute atomic E-state index is 0.730. The number of hydrogen-bond acceptors (Lipinski definition) is 2. The SMILES string of the molecule is CCCN=C(N)N1CCN(CCC)CC1. The van der Waals surface area contributed by atoms with Gasteiger partial charge in [-0.25, -0.2) is 0 Å². The fraction of sp³-hybridized carbons (Fsp3) is 0.909. The first-order valence-corrected chi connectivity index (χ1v) is 6.05. The van der Waals surface area contributed by atoms with Crippen LogP contribution in [0, 0.1) is 0 Å². The lowest BCUT2D eigenvalue weighted by Crippen LogP contribution is -2.51. The van der Waals surface area contributed by atoms with Gasteiger partial charge in [-0.3, -0.25) is 9.89 Å². The second-order valence-corrected chi connectivity index (χ2v) is 4.07. The predicted octanol–water partition coefficient (Wildman–Crippen LogP) is 0.739. The number of nitrogens with zero attached hydrogens (tertiary/aromatic N) is 3. The standard InChI is InChI=1S/C11H24N4/c1-3-5-13-11(12)15-9-7-14(6-4-2)8-10-15/h3-10H2,1-2H3,(H2,12,13). The summed E-state index contributed by atoms with van der Waals surface area (Å²) in [5, 5.41) is 0. The molecule has 1 fully saturated rings. The summed E-state index contributed by atoms with van der Waals surface area (Å²) in [6.45, 7) is 10.7. The van der Waals surface area contributed by atoms with E-state index in [9.17, 15) is 0 Å². The van der Waals surface area contributed by atoms with Gasteiger partial charge in [-0.05, 0) is 19.4 Å². The smallest absolute Gasteiger partial charge is 0.191 e. The number of guanidine groups is 1. The summed E-state index contributed by atoms with van der Waals surface area (Å²) in [4.78, 5) is 9.03. The first-order valence-electron chi connectivity index (χ1n) is 6.05. The Kier molecular flexibility index (Phi) is 5.47. The summed E-state index contributed by atoms with van der Waals surface area (Å²) in [5.74, 6) is 0.730. The highest BCUT2D eigenvalue weighted by Gasteiger charge is 2.16. The topological polar surface area (TPSA) is 44.9 Å². The van der Waals surface area contributed by atoms with Crippen LogP contribution in [-0.2, 0) is 0 Å². The van der Waals surface area contributed by atoms with Crippen LogP contribution >= 0.6 is 0 Å². The van der Waals surface area contributed by atoms with Crippen molar-refractivity contribution in [1.29, 1.82) is 0 Å². The molecule has 88 valence electrons. The molecule has 0 aromatic carbocycles. The van der Waals surface area contributed by atoms with Crippen LogP contribution in [0.15, 0.2) is 4.99 Å². The molecule has 0 aliphatic carbocycles. The zero-order valence-corrected chi connectivity index (χ0v) is 10.1. The third-order valence-electron chi connectivity index (χ3n) is 2.73. The highest BCUT2D eigenvalue weighted by atomic mass is 15.3. The zero-order valence-electron chi connectivity index (χ0n) is 10.1. The van der Waals surface area contributed by atoms with Crippen LogP contribution in [0.3, 0.4) is 0 Å². The van der Waals surface area contributed by atoms with Crippen LogP contribution in [0.2, 0.25) is 0 Å². The van der Waals surface area contributed by atoms with E-state index >= 15 is 0 Å². The summed E-state index contributed by atoms with van der Waals surface area (Å²) < 4.78 is 0. The van der Waals surface area contributed by atoms with E-state index in [0.29, 0.717) is 0 Å². The average Bonchev–Trinajstić information content (AvgIpc) is 2.27. The Hall–Kier alpha value is -0.770. The first kappa shape index (κ1) is 12.3. The van der Waals surface area contributed by atoms with Crippen LogP contribution in [0.5, 0.6) is 0 Å². The van der Waals surface area contributed by atoms with E-state index in [1.54, 1.807) is 0 Å². The second kappa shape index (κ2) is 6.67.